The molecule has 0 aliphatic rings. The summed E-state index contributed by atoms with van der Waals surface area (Å²) in [6, 6.07) is 6.85. The fourth-order valence-electron chi connectivity index (χ4n) is 2.02. The molecular formula is C15H11F3N4O3S. The van der Waals surface area contributed by atoms with Crippen molar-refractivity contribution in [2.24, 2.45) is 5.16 Å². The lowest BCUT2D eigenvalue weighted by Gasteiger charge is -1.99. The van der Waals surface area contributed by atoms with Gasteiger partial charge in [0.05, 0.1) is 19.0 Å². The molecule has 0 spiro atoms. The maximum absolute atomic E-state index is 12.6. The van der Waals surface area contributed by atoms with Crippen molar-refractivity contribution >= 4 is 28.5 Å². The number of hydrogen-bond donors (Lipinski definition) is 0. The minimum atomic E-state index is -4.65. The van der Waals surface area contributed by atoms with E-state index in [1.165, 1.54) is 20.2 Å². The van der Waals surface area contributed by atoms with Gasteiger partial charge < -0.3 is 9.57 Å². The van der Waals surface area contributed by atoms with Crippen LogP contribution in [0.3, 0.4) is 0 Å². The average molecular weight is 384 g/mol. The summed E-state index contributed by atoms with van der Waals surface area (Å²) in [5.41, 5.74) is 0.866. The van der Waals surface area contributed by atoms with Crippen LogP contribution >= 0.6 is 11.3 Å². The number of rotatable bonds is 4. The van der Waals surface area contributed by atoms with Gasteiger partial charge in [0.1, 0.15) is 10.6 Å². The molecule has 1 aromatic carbocycles. The molecule has 136 valence electrons. The van der Waals surface area contributed by atoms with Crippen molar-refractivity contribution in [3.8, 4) is 5.75 Å². The van der Waals surface area contributed by atoms with Crippen LogP contribution in [-0.2, 0) is 11.0 Å². The lowest BCUT2D eigenvalue weighted by Crippen LogP contribution is -2.08. The molecule has 0 aliphatic carbocycles. The molecule has 3 rings (SSSR count). The number of halogens is 3. The van der Waals surface area contributed by atoms with Crippen molar-refractivity contribution in [1.82, 2.24) is 14.6 Å². The Balaban J connectivity index is 1.74. The minimum Gasteiger partial charge on any atom is -0.497 e. The number of nitrogens with zero attached hydrogens (tertiary/aromatic N) is 4. The van der Waals surface area contributed by atoms with Crippen molar-refractivity contribution in [3.63, 3.8) is 0 Å². The molecule has 7 nitrogen and oxygen atoms in total. The minimum absolute atomic E-state index is 0.0547. The molecule has 0 atom stereocenters. The molecule has 0 saturated carbocycles. The summed E-state index contributed by atoms with van der Waals surface area (Å²) < 4.78 is 43.8. The Hall–Kier alpha value is -2.95. The third-order valence-corrected chi connectivity index (χ3v) is 4.42. The fraction of sp³-hybridized carbons (Fsp3) is 0.200. The van der Waals surface area contributed by atoms with Gasteiger partial charge >= 0.3 is 12.1 Å². The van der Waals surface area contributed by atoms with E-state index in [-0.39, 0.29) is 15.5 Å². The van der Waals surface area contributed by atoms with Crippen molar-refractivity contribution in [1.29, 1.82) is 0 Å². The molecule has 0 unspecified atom stereocenters. The molecule has 0 fully saturated rings. The van der Waals surface area contributed by atoms with Crippen molar-refractivity contribution in [2.75, 3.05) is 7.11 Å². The van der Waals surface area contributed by atoms with Gasteiger partial charge in [0.2, 0.25) is 4.96 Å². The summed E-state index contributed by atoms with van der Waals surface area (Å²) in [6.45, 7) is 1.45. The van der Waals surface area contributed by atoms with E-state index in [9.17, 15) is 18.0 Å². The topological polar surface area (TPSA) is 78.1 Å². The third kappa shape index (κ3) is 3.52. The first-order valence-electron chi connectivity index (χ1n) is 7.11. The number of methoxy groups -OCH3 is 1. The zero-order valence-electron chi connectivity index (χ0n) is 13.4. The Morgan fingerprint density at radius 2 is 2.00 bits per heavy atom. The first kappa shape index (κ1) is 17.9. The predicted octanol–water partition coefficient (Wildman–Crippen LogP) is 3.32. The van der Waals surface area contributed by atoms with E-state index in [4.69, 9.17) is 9.57 Å². The molecule has 2 heterocycles. The van der Waals surface area contributed by atoms with Gasteiger partial charge in [-0.2, -0.15) is 18.2 Å². The summed E-state index contributed by atoms with van der Waals surface area (Å²) in [5, 5.41) is 6.95. The zero-order chi connectivity index (χ0) is 18.9. The van der Waals surface area contributed by atoms with Crippen LogP contribution in [0, 0.1) is 6.92 Å². The number of ether oxygens (including phenoxy) is 1. The zero-order valence-corrected chi connectivity index (χ0v) is 14.3. The number of benzene rings is 1. The van der Waals surface area contributed by atoms with Gasteiger partial charge in [0, 0.05) is 0 Å². The molecule has 2 aromatic heterocycles. The van der Waals surface area contributed by atoms with Crippen LogP contribution in [0.1, 0.15) is 26.8 Å². The Morgan fingerprint density at radius 3 is 2.58 bits per heavy atom. The number of aryl methyl sites for hydroxylation is 1. The summed E-state index contributed by atoms with van der Waals surface area (Å²) in [7, 11) is 1.54. The maximum Gasteiger partial charge on any atom is 0.453 e. The van der Waals surface area contributed by atoms with Gasteiger partial charge in [0.25, 0.3) is 5.82 Å². The molecule has 3 aromatic rings. The summed E-state index contributed by atoms with van der Waals surface area (Å²) >= 11 is 0.745. The van der Waals surface area contributed by atoms with Gasteiger partial charge in [-0.05, 0) is 36.8 Å². The summed E-state index contributed by atoms with van der Waals surface area (Å²) in [4.78, 5) is 20.2. The average Bonchev–Trinajstić information content (AvgIpc) is 3.15. The van der Waals surface area contributed by atoms with Gasteiger partial charge in [-0.1, -0.05) is 16.5 Å². The maximum atomic E-state index is 12.6. The molecule has 0 aliphatic heterocycles. The Labute approximate surface area is 148 Å². The van der Waals surface area contributed by atoms with E-state index in [0.29, 0.717) is 11.3 Å². The molecule has 11 heteroatoms. The normalized spacial score (nSPS) is 12.0. The summed E-state index contributed by atoms with van der Waals surface area (Å²) in [6.07, 6.45) is -3.33. The van der Waals surface area contributed by atoms with Crippen molar-refractivity contribution < 1.29 is 27.5 Å². The highest BCUT2D eigenvalue weighted by Gasteiger charge is 2.37. The quantitative estimate of drug-likeness (QED) is 0.392. The second-order valence-electron chi connectivity index (χ2n) is 5.03. The standard InChI is InChI=1S/C15H11F3N4O3S/c1-8-11(26-14-20-13(15(16,17)18)21-22(8)14)12(23)25-19-7-9-3-5-10(24-2)6-4-9/h3-7H,1-2H3/b19-7+. The Bertz CT molecular complexity index is 977. The number of thiazole rings is 1. The molecular weight excluding hydrogens is 373 g/mol. The first-order valence-corrected chi connectivity index (χ1v) is 7.93. The highest BCUT2D eigenvalue weighted by atomic mass is 32.1. The molecule has 26 heavy (non-hydrogen) atoms. The molecule has 0 saturated heterocycles. The third-order valence-electron chi connectivity index (χ3n) is 3.31. The summed E-state index contributed by atoms with van der Waals surface area (Å²) in [5.74, 6) is -1.40. The van der Waals surface area contributed by atoms with E-state index in [0.717, 1.165) is 15.9 Å². The second-order valence-corrected chi connectivity index (χ2v) is 6.01. The number of aromatic nitrogens is 3. The van der Waals surface area contributed by atoms with E-state index < -0.39 is 18.0 Å². The van der Waals surface area contributed by atoms with Gasteiger partial charge in [-0.25, -0.2) is 9.31 Å². The largest absolute Gasteiger partial charge is 0.497 e. The number of hydrogen-bond acceptors (Lipinski definition) is 7. The number of fused-ring (bicyclic) bond motifs is 1. The predicted molar refractivity (Wildman–Crippen MR) is 86.6 cm³/mol. The van der Waals surface area contributed by atoms with Crippen LogP contribution in [0.2, 0.25) is 0 Å². The van der Waals surface area contributed by atoms with E-state index in [1.54, 1.807) is 24.3 Å². The highest BCUT2D eigenvalue weighted by Crippen LogP contribution is 2.29. The SMILES string of the molecule is COc1ccc(/C=N/OC(=O)c2sc3nc(C(F)(F)F)nn3c2C)cc1. The smallest absolute Gasteiger partial charge is 0.453 e. The van der Waals surface area contributed by atoms with Crippen LogP contribution in [0.25, 0.3) is 4.96 Å². The number of alkyl halides is 3. The van der Waals surface area contributed by atoms with E-state index in [1.807, 2.05) is 0 Å². The van der Waals surface area contributed by atoms with E-state index in [2.05, 4.69) is 15.2 Å². The molecule has 0 amide bonds. The monoisotopic (exact) mass is 384 g/mol. The van der Waals surface area contributed by atoms with Crippen LogP contribution in [0.4, 0.5) is 13.2 Å². The molecule has 0 N–H and O–H groups in total. The number of carbonyl (C=O) groups excluding carboxylic acids is 1. The van der Waals surface area contributed by atoms with Crippen molar-refractivity contribution in [3.05, 3.63) is 46.2 Å². The van der Waals surface area contributed by atoms with Gasteiger partial charge in [0.15, 0.2) is 0 Å². The van der Waals surface area contributed by atoms with Gasteiger partial charge in [-0.15, -0.1) is 5.10 Å². The highest BCUT2D eigenvalue weighted by molar-refractivity contribution is 7.18. The lowest BCUT2D eigenvalue weighted by atomic mass is 10.2. The van der Waals surface area contributed by atoms with E-state index >= 15 is 0 Å². The Morgan fingerprint density at radius 1 is 1.31 bits per heavy atom. The number of carbonyl (C=O) groups is 1. The fourth-order valence-corrected chi connectivity index (χ4v) is 2.95. The molecule has 0 radical (unpaired) electrons. The van der Waals surface area contributed by atoms with Crippen LogP contribution in [-0.4, -0.2) is 33.9 Å². The molecule has 0 bridgehead atoms. The van der Waals surface area contributed by atoms with Crippen LogP contribution in [0.5, 0.6) is 5.75 Å². The Kier molecular flexibility index (Phi) is 4.64. The van der Waals surface area contributed by atoms with Gasteiger partial charge in [-0.3, -0.25) is 0 Å². The van der Waals surface area contributed by atoms with Crippen LogP contribution in [0.15, 0.2) is 29.4 Å². The van der Waals surface area contributed by atoms with Crippen molar-refractivity contribution in [2.45, 2.75) is 13.1 Å². The second kappa shape index (κ2) is 6.75. The van der Waals surface area contributed by atoms with Crippen LogP contribution < -0.4 is 4.74 Å². The first-order chi connectivity index (χ1) is 12.3. The lowest BCUT2D eigenvalue weighted by molar-refractivity contribution is -0.144. The number of oxime groups is 1.